The van der Waals surface area contributed by atoms with Crippen LogP contribution in [-0.4, -0.2) is 148 Å². The van der Waals surface area contributed by atoms with Crippen LogP contribution in [0.2, 0.25) is 0 Å². The molecule has 3 aliphatic rings. The zero-order valence-electron chi connectivity index (χ0n) is 25.5. The lowest BCUT2D eigenvalue weighted by Gasteiger charge is -2.41. The molecule has 2 aromatic carbocycles. The summed E-state index contributed by atoms with van der Waals surface area (Å²) in [5.41, 5.74) is -0.164. The molecule has 0 spiro atoms. The van der Waals surface area contributed by atoms with Crippen LogP contribution in [0.3, 0.4) is 0 Å². The zero-order valence-corrected chi connectivity index (χ0v) is 25.5. The second-order valence-electron chi connectivity index (χ2n) is 11.5. The standard InChI is InChI=1S/C30H34O20/c31-7-17-22(39)24(41)26(43)29(49-17)47-15-4-10(32)3-14-11(15)5-16(28(46-14)9-1-12(33)21(38)13(34)2-9)48-30-27(44)25(42)23(40)18(50-30)8-45-20(37)6-19(35)36/h1-5,17-18,22-34,38-44H,6-8H2,(H,35,36)/t17-,18-,22-,23-,24+,25+,26-,27+,28?,29-,30-/m1/s1. The summed E-state index contributed by atoms with van der Waals surface area (Å²) in [4.78, 5) is 22.6. The molecule has 50 heavy (non-hydrogen) atoms. The monoisotopic (exact) mass is 714 g/mol. The number of benzene rings is 2. The Kier molecular flexibility index (Phi) is 10.8. The lowest BCUT2D eigenvalue weighted by Crippen LogP contribution is -2.60. The number of hydrogen-bond donors (Lipinski definition) is 12. The minimum absolute atomic E-state index is 0.0664. The van der Waals surface area contributed by atoms with Gasteiger partial charge < -0.3 is 89.7 Å². The van der Waals surface area contributed by atoms with Gasteiger partial charge in [-0.1, -0.05) is 0 Å². The van der Waals surface area contributed by atoms with Gasteiger partial charge in [0.1, 0.15) is 84.9 Å². The van der Waals surface area contributed by atoms with E-state index in [1.54, 1.807) is 0 Å². The van der Waals surface area contributed by atoms with E-state index in [0.29, 0.717) is 0 Å². The third-order valence-corrected chi connectivity index (χ3v) is 7.99. The van der Waals surface area contributed by atoms with E-state index in [9.17, 15) is 65.8 Å². The lowest BCUT2D eigenvalue weighted by atomic mass is 9.98. The van der Waals surface area contributed by atoms with Crippen LogP contribution in [0, 0.1) is 0 Å². The van der Waals surface area contributed by atoms with Crippen molar-refractivity contribution in [3.63, 3.8) is 0 Å². The van der Waals surface area contributed by atoms with Gasteiger partial charge in [0.05, 0.1) is 12.2 Å². The summed E-state index contributed by atoms with van der Waals surface area (Å²) >= 11 is 0. The minimum atomic E-state index is -2.00. The molecule has 2 fully saturated rings. The molecule has 20 heteroatoms. The summed E-state index contributed by atoms with van der Waals surface area (Å²) in [5, 5.41) is 122. The highest BCUT2D eigenvalue weighted by Crippen LogP contribution is 2.47. The van der Waals surface area contributed by atoms with Crippen LogP contribution in [0.25, 0.3) is 6.08 Å². The van der Waals surface area contributed by atoms with Crippen LogP contribution in [0.4, 0.5) is 0 Å². The van der Waals surface area contributed by atoms with Crippen molar-refractivity contribution in [3.05, 3.63) is 41.2 Å². The SMILES string of the molecule is O=C(O)CC(=O)OC[C@H]1O[C@@H](OC2=Cc3c(cc(O)cc3O[C@@H]3O[C@H](CO)[C@@H](O)[C@H](O)[C@H]3O)OC2c2cc(O)c(O)c(O)c2)[C@@H](O)[C@@H](O)[C@@H]1O. The van der Waals surface area contributed by atoms with E-state index in [4.69, 9.17) is 33.5 Å². The molecule has 0 radical (unpaired) electrons. The van der Waals surface area contributed by atoms with Crippen molar-refractivity contribution >= 4 is 18.0 Å². The highest BCUT2D eigenvalue weighted by atomic mass is 16.7. The molecule has 0 saturated carbocycles. The van der Waals surface area contributed by atoms with Crippen LogP contribution in [0.1, 0.15) is 23.7 Å². The molecule has 0 bridgehead atoms. The minimum Gasteiger partial charge on any atom is -0.508 e. The molecule has 2 aromatic rings. The van der Waals surface area contributed by atoms with Crippen molar-refractivity contribution in [1.29, 1.82) is 0 Å². The number of carboxylic acid groups (broad SMARTS) is 1. The van der Waals surface area contributed by atoms with Crippen molar-refractivity contribution < 1.29 is 99.3 Å². The largest absolute Gasteiger partial charge is 0.508 e. The summed E-state index contributed by atoms with van der Waals surface area (Å²) in [6.07, 6.45) is -19.1. The Morgan fingerprint density at radius 1 is 0.740 bits per heavy atom. The van der Waals surface area contributed by atoms with E-state index >= 15 is 0 Å². The van der Waals surface area contributed by atoms with Crippen LogP contribution in [-0.2, 0) is 28.5 Å². The first kappa shape index (κ1) is 36.6. The summed E-state index contributed by atoms with van der Waals surface area (Å²) in [7, 11) is 0. The number of carbonyl (C=O) groups excluding carboxylic acids is 1. The number of carboxylic acids is 1. The smallest absolute Gasteiger partial charge is 0.317 e. The Bertz CT molecular complexity index is 1590. The van der Waals surface area contributed by atoms with Crippen molar-refractivity contribution in [3.8, 4) is 34.5 Å². The topological polar surface area (TPSA) is 332 Å². The van der Waals surface area contributed by atoms with Crippen LogP contribution >= 0.6 is 0 Å². The number of phenolic OH excluding ortho intramolecular Hbond substituents is 4. The highest BCUT2D eigenvalue weighted by Gasteiger charge is 2.48. The van der Waals surface area contributed by atoms with E-state index < -0.39 is 122 Å². The number of aromatic hydroxyl groups is 4. The van der Waals surface area contributed by atoms with Gasteiger partial charge in [-0.2, -0.15) is 0 Å². The molecule has 274 valence electrons. The number of aliphatic hydroxyl groups excluding tert-OH is 7. The van der Waals surface area contributed by atoms with E-state index in [1.165, 1.54) is 6.08 Å². The highest BCUT2D eigenvalue weighted by molar-refractivity contribution is 5.90. The molecule has 0 aromatic heterocycles. The maximum absolute atomic E-state index is 11.8. The number of hydrogen-bond acceptors (Lipinski definition) is 19. The normalized spacial score (nSPS) is 32.2. The summed E-state index contributed by atoms with van der Waals surface area (Å²) < 4.78 is 33.4. The zero-order chi connectivity index (χ0) is 36.6. The van der Waals surface area contributed by atoms with Crippen molar-refractivity contribution in [2.75, 3.05) is 13.2 Å². The molecular weight excluding hydrogens is 680 g/mol. The molecule has 3 heterocycles. The first-order chi connectivity index (χ1) is 23.6. The van der Waals surface area contributed by atoms with Crippen molar-refractivity contribution in [2.45, 2.75) is 73.9 Å². The molecule has 0 aliphatic carbocycles. The Morgan fingerprint density at radius 3 is 1.92 bits per heavy atom. The Balaban J connectivity index is 1.52. The third-order valence-electron chi connectivity index (χ3n) is 7.99. The second kappa shape index (κ2) is 14.7. The summed E-state index contributed by atoms with van der Waals surface area (Å²) in [6.45, 7) is -1.56. The first-order valence-electron chi connectivity index (χ1n) is 14.8. The molecule has 12 N–H and O–H groups in total. The van der Waals surface area contributed by atoms with E-state index in [0.717, 1.165) is 24.3 Å². The number of ether oxygens (including phenoxy) is 6. The van der Waals surface area contributed by atoms with Crippen LogP contribution in [0.5, 0.6) is 34.5 Å². The van der Waals surface area contributed by atoms with Gasteiger partial charge in [0.25, 0.3) is 0 Å². The molecule has 3 aliphatic heterocycles. The molecular formula is C30H34O20. The third kappa shape index (κ3) is 7.43. The van der Waals surface area contributed by atoms with Crippen LogP contribution in [0.15, 0.2) is 30.0 Å². The van der Waals surface area contributed by atoms with Gasteiger partial charge in [0.2, 0.25) is 12.6 Å². The summed E-state index contributed by atoms with van der Waals surface area (Å²) in [6, 6.07) is 4.07. The van der Waals surface area contributed by atoms with E-state index in [-0.39, 0.29) is 28.4 Å². The predicted molar refractivity (Wildman–Crippen MR) is 156 cm³/mol. The van der Waals surface area contributed by atoms with Gasteiger partial charge in [-0.05, 0) is 18.2 Å². The van der Waals surface area contributed by atoms with Gasteiger partial charge >= 0.3 is 11.9 Å². The Labute approximate surface area is 280 Å². The number of aliphatic hydroxyl groups is 7. The van der Waals surface area contributed by atoms with Gasteiger partial charge in [-0.25, -0.2) is 0 Å². The van der Waals surface area contributed by atoms with Gasteiger partial charge in [-0.3, -0.25) is 9.59 Å². The van der Waals surface area contributed by atoms with Crippen molar-refractivity contribution in [2.24, 2.45) is 0 Å². The molecule has 20 nitrogen and oxygen atoms in total. The fourth-order valence-electron chi connectivity index (χ4n) is 5.36. The maximum atomic E-state index is 11.8. The average Bonchev–Trinajstić information content (AvgIpc) is 3.06. The fourth-order valence-corrected chi connectivity index (χ4v) is 5.36. The number of rotatable bonds is 10. The predicted octanol–water partition coefficient (Wildman–Crippen LogP) is -3.00. The van der Waals surface area contributed by atoms with Crippen molar-refractivity contribution in [1.82, 2.24) is 0 Å². The second-order valence-corrected chi connectivity index (χ2v) is 11.5. The number of esters is 1. The molecule has 0 amide bonds. The summed E-state index contributed by atoms with van der Waals surface area (Å²) in [5.74, 6) is -6.47. The van der Waals surface area contributed by atoms with Gasteiger partial charge in [-0.15, -0.1) is 0 Å². The number of phenols is 4. The van der Waals surface area contributed by atoms with Gasteiger partial charge in [0.15, 0.2) is 23.4 Å². The van der Waals surface area contributed by atoms with Crippen LogP contribution < -0.4 is 9.47 Å². The Morgan fingerprint density at radius 2 is 1.32 bits per heavy atom. The Hall–Kier alpha value is -4.64. The quantitative estimate of drug-likeness (QED) is 0.0663. The maximum Gasteiger partial charge on any atom is 0.317 e. The average molecular weight is 715 g/mol. The van der Waals surface area contributed by atoms with E-state index in [1.807, 2.05) is 0 Å². The van der Waals surface area contributed by atoms with E-state index in [2.05, 4.69) is 0 Å². The number of aliphatic carboxylic acids is 1. The number of fused-ring (bicyclic) bond motifs is 1. The van der Waals surface area contributed by atoms with Gasteiger partial charge in [0, 0.05) is 17.7 Å². The fraction of sp³-hybridized carbons (Fsp3) is 0.467. The molecule has 2 saturated heterocycles. The lowest BCUT2D eigenvalue weighted by molar-refractivity contribution is -0.294. The first-order valence-corrected chi connectivity index (χ1v) is 14.8. The molecule has 5 rings (SSSR count). The number of carbonyl (C=O) groups is 2. The molecule has 11 atom stereocenters. The molecule has 1 unspecified atom stereocenters.